The van der Waals surface area contributed by atoms with E-state index in [1.54, 1.807) is 0 Å². The summed E-state index contributed by atoms with van der Waals surface area (Å²) in [6.45, 7) is 25.1. The molecular weight excluding hydrogens is 350 g/mol. The largest absolute Gasteiger partial charge is 0.494 e. The Labute approximate surface area is 172 Å². The van der Waals surface area contributed by atoms with Gasteiger partial charge in [0.25, 0.3) is 0 Å². The molecule has 0 bridgehead atoms. The van der Waals surface area contributed by atoms with E-state index in [-0.39, 0.29) is 17.1 Å². The molecule has 0 saturated carbocycles. The molecule has 2 heterocycles. The van der Waals surface area contributed by atoms with Crippen LogP contribution in [-0.2, 0) is 18.6 Å². The second-order valence-corrected chi connectivity index (χ2v) is 10.6. The summed E-state index contributed by atoms with van der Waals surface area (Å²) in [6.07, 6.45) is 2.84. The molecule has 4 nitrogen and oxygen atoms in total. The van der Waals surface area contributed by atoms with Crippen LogP contribution >= 0.6 is 0 Å². The molecule has 1 aliphatic carbocycles. The molecular formula is C22H36B2O4. The monoisotopic (exact) mass is 386 g/mol. The maximum Gasteiger partial charge on any atom is 0.494 e. The zero-order chi connectivity index (χ0) is 21.3. The van der Waals surface area contributed by atoms with Crippen LogP contribution in [-0.4, -0.2) is 36.6 Å². The van der Waals surface area contributed by atoms with E-state index in [0.29, 0.717) is 0 Å². The summed E-state index contributed by atoms with van der Waals surface area (Å²) in [4.78, 5) is 0. The average molecular weight is 386 g/mol. The van der Waals surface area contributed by atoms with Gasteiger partial charge < -0.3 is 18.6 Å². The van der Waals surface area contributed by atoms with E-state index in [9.17, 15) is 0 Å². The van der Waals surface area contributed by atoms with Crippen LogP contribution in [0.1, 0.15) is 75.7 Å². The SMILES string of the molecule is C=CC1CC(B2OC(C)(C)C(C)(C)O2)=C(B2OC(C)(C)C(C)(C)O2)C1=C(C)C. The first kappa shape index (κ1) is 21.9. The lowest BCUT2D eigenvalue weighted by Gasteiger charge is -2.32. The first-order valence-corrected chi connectivity index (χ1v) is 10.4. The summed E-state index contributed by atoms with van der Waals surface area (Å²) in [6, 6.07) is 0. The normalized spacial score (nSPS) is 30.4. The Morgan fingerprint density at radius 1 is 0.821 bits per heavy atom. The minimum atomic E-state index is -0.436. The Morgan fingerprint density at radius 3 is 1.57 bits per heavy atom. The molecule has 0 amide bonds. The van der Waals surface area contributed by atoms with Crippen LogP contribution in [0.2, 0.25) is 0 Å². The smallest absolute Gasteiger partial charge is 0.400 e. The fourth-order valence-corrected chi connectivity index (χ4v) is 4.11. The van der Waals surface area contributed by atoms with Crippen LogP contribution in [0.3, 0.4) is 0 Å². The molecule has 3 aliphatic rings. The van der Waals surface area contributed by atoms with Gasteiger partial charge in [-0.05, 0) is 92.2 Å². The Kier molecular flexibility index (Phi) is 5.16. The number of rotatable bonds is 3. The molecule has 1 unspecified atom stereocenters. The lowest BCUT2D eigenvalue weighted by molar-refractivity contribution is 0.00578. The second kappa shape index (κ2) is 6.60. The Balaban J connectivity index is 2.11. The van der Waals surface area contributed by atoms with Crippen molar-refractivity contribution < 1.29 is 18.6 Å². The fourth-order valence-electron chi connectivity index (χ4n) is 4.11. The standard InChI is InChI=1S/C22H36B2O4/c1-12-15-13-16(23-25-19(4,5)20(6,7)26-23)18(17(15)14(2)3)24-27-21(8,9)22(10,11)28-24/h12,15H,1,13H2,2-11H3. The van der Waals surface area contributed by atoms with Gasteiger partial charge in [-0.1, -0.05) is 11.6 Å². The highest BCUT2D eigenvalue weighted by molar-refractivity contribution is 6.63. The lowest BCUT2D eigenvalue weighted by atomic mass is 9.64. The summed E-state index contributed by atoms with van der Waals surface area (Å²) in [5, 5.41) is 0. The Bertz CT molecular complexity index is 710. The van der Waals surface area contributed by atoms with Crippen LogP contribution in [0.15, 0.2) is 34.7 Å². The quantitative estimate of drug-likeness (QED) is 0.500. The molecule has 0 radical (unpaired) electrons. The van der Waals surface area contributed by atoms with Crippen molar-refractivity contribution in [2.75, 3.05) is 0 Å². The fraction of sp³-hybridized carbons (Fsp3) is 0.727. The van der Waals surface area contributed by atoms with Crippen LogP contribution < -0.4 is 0 Å². The van der Waals surface area contributed by atoms with Gasteiger partial charge in [0.15, 0.2) is 0 Å². The third-order valence-electron chi connectivity index (χ3n) is 7.30. The van der Waals surface area contributed by atoms with Gasteiger partial charge in [-0.3, -0.25) is 0 Å². The second-order valence-electron chi connectivity index (χ2n) is 10.6. The van der Waals surface area contributed by atoms with E-state index < -0.39 is 25.4 Å². The molecule has 6 heteroatoms. The molecule has 154 valence electrons. The Hall–Kier alpha value is -0.810. The minimum Gasteiger partial charge on any atom is -0.400 e. The van der Waals surface area contributed by atoms with Crippen molar-refractivity contribution in [1.82, 2.24) is 0 Å². The zero-order valence-electron chi connectivity index (χ0n) is 19.4. The van der Waals surface area contributed by atoms with E-state index in [1.807, 2.05) is 6.08 Å². The molecule has 0 aromatic heterocycles. The molecule has 0 aromatic rings. The molecule has 1 atom stereocenters. The van der Waals surface area contributed by atoms with Gasteiger partial charge in [-0.15, -0.1) is 6.58 Å². The predicted octanol–water partition coefficient (Wildman–Crippen LogP) is 5.09. The number of allylic oxidation sites excluding steroid dienone is 5. The summed E-state index contributed by atoms with van der Waals surface area (Å²) < 4.78 is 25.7. The van der Waals surface area contributed by atoms with Crippen molar-refractivity contribution in [2.24, 2.45) is 5.92 Å². The van der Waals surface area contributed by atoms with Crippen molar-refractivity contribution in [3.63, 3.8) is 0 Å². The van der Waals surface area contributed by atoms with Crippen molar-refractivity contribution >= 4 is 14.2 Å². The van der Waals surface area contributed by atoms with Crippen LogP contribution in [0, 0.1) is 5.92 Å². The Morgan fingerprint density at radius 2 is 1.21 bits per heavy atom. The van der Waals surface area contributed by atoms with Crippen LogP contribution in [0.5, 0.6) is 0 Å². The predicted molar refractivity (Wildman–Crippen MR) is 116 cm³/mol. The van der Waals surface area contributed by atoms with E-state index in [4.69, 9.17) is 18.6 Å². The van der Waals surface area contributed by atoms with Crippen molar-refractivity contribution in [3.8, 4) is 0 Å². The molecule has 0 spiro atoms. The molecule has 2 saturated heterocycles. The molecule has 2 aliphatic heterocycles. The maximum absolute atomic E-state index is 6.46. The minimum absolute atomic E-state index is 0.216. The maximum atomic E-state index is 6.46. The summed E-state index contributed by atoms with van der Waals surface area (Å²) in [7, 11) is -0.841. The highest BCUT2D eigenvalue weighted by atomic mass is 16.7. The van der Waals surface area contributed by atoms with Gasteiger partial charge in [0, 0.05) is 5.92 Å². The molecule has 28 heavy (non-hydrogen) atoms. The third kappa shape index (κ3) is 3.27. The van der Waals surface area contributed by atoms with Crippen molar-refractivity contribution in [2.45, 2.75) is 98.1 Å². The van der Waals surface area contributed by atoms with Gasteiger partial charge in [-0.2, -0.15) is 0 Å². The van der Waals surface area contributed by atoms with Crippen molar-refractivity contribution in [1.29, 1.82) is 0 Å². The topological polar surface area (TPSA) is 36.9 Å². The van der Waals surface area contributed by atoms with Gasteiger partial charge >= 0.3 is 14.2 Å². The summed E-state index contributed by atoms with van der Waals surface area (Å²) >= 11 is 0. The van der Waals surface area contributed by atoms with Gasteiger partial charge in [0.2, 0.25) is 0 Å². The molecule has 3 rings (SSSR count). The first-order valence-electron chi connectivity index (χ1n) is 10.4. The zero-order valence-corrected chi connectivity index (χ0v) is 19.4. The number of hydrogen-bond donors (Lipinski definition) is 0. The van der Waals surface area contributed by atoms with E-state index in [0.717, 1.165) is 17.4 Å². The third-order valence-corrected chi connectivity index (χ3v) is 7.30. The lowest BCUT2D eigenvalue weighted by Crippen LogP contribution is -2.41. The summed E-state index contributed by atoms with van der Waals surface area (Å²) in [5.41, 5.74) is 3.14. The first-order chi connectivity index (χ1) is 12.6. The van der Waals surface area contributed by atoms with Gasteiger partial charge in [-0.25, -0.2) is 0 Å². The van der Waals surface area contributed by atoms with Crippen LogP contribution in [0.25, 0.3) is 0 Å². The molecule has 0 N–H and O–H groups in total. The molecule has 0 aromatic carbocycles. The van der Waals surface area contributed by atoms with Crippen LogP contribution in [0.4, 0.5) is 0 Å². The van der Waals surface area contributed by atoms with E-state index in [2.05, 4.69) is 75.8 Å². The highest BCUT2D eigenvalue weighted by Gasteiger charge is 2.58. The molecule has 2 fully saturated rings. The van der Waals surface area contributed by atoms with E-state index in [1.165, 1.54) is 11.1 Å². The van der Waals surface area contributed by atoms with Gasteiger partial charge in [0.1, 0.15) is 0 Å². The highest BCUT2D eigenvalue weighted by Crippen LogP contribution is 2.50. The summed E-state index contributed by atoms with van der Waals surface area (Å²) in [5.74, 6) is 0.216. The van der Waals surface area contributed by atoms with Crippen molar-refractivity contribution in [3.05, 3.63) is 34.7 Å². The average Bonchev–Trinajstić information content (AvgIpc) is 3.07. The van der Waals surface area contributed by atoms with Gasteiger partial charge in [0.05, 0.1) is 22.4 Å². The number of hydrogen-bond acceptors (Lipinski definition) is 4. The van der Waals surface area contributed by atoms with E-state index >= 15 is 0 Å².